The molecule has 122 valence electrons. The molecule has 0 bridgehead atoms. The molecule has 2 rings (SSSR count). The number of nitrogens with one attached hydrogen (secondary N) is 2. The van der Waals surface area contributed by atoms with Gasteiger partial charge in [0.1, 0.15) is 0 Å². The number of thioether (sulfide) groups is 1. The molecule has 0 saturated heterocycles. The Morgan fingerprint density at radius 1 is 1.43 bits per heavy atom. The van der Waals surface area contributed by atoms with Gasteiger partial charge in [0.25, 0.3) is 0 Å². The minimum Gasteiger partial charge on any atom is -0.357 e. The van der Waals surface area contributed by atoms with Gasteiger partial charge in [-0.3, -0.25) is 4.79 Å². The van der Waals surface area contributed by atoms with E-state index in [2.05, 4.69) is 27.4 Å². The van der Waals surface area contributed by atoms with Crippen LogP contribution in [0.15, 0.2) is 41.3 Å². The number of hydrogen-bond acceptors (Lipinski definition) is 6. The van der Waals surface area contributed by atoms with Crippen molar-refractivity contribution in [1.29, 1.82) is 0 Å². The van der Waals surface area contributed by atoms with Crippen LogP contribution in [0.25, 0.3) is 0 Å². The largest absolute Gasteiger partial charge is 0.357 e. The van der Waals surface area contributed by atoms with E-state index < -0.39 is 0 Å². The van der Waals surface area contributed by atoms with E-state index in [1.807, 2.05) is 31.2 Å². The van der Waals surface area contributed by atoms with Crippen molar-refractivity contribution in [3.63, 3.8) is 0 Å². The second-order valence-electron chi connectivity index (χ2n) is 4.67. The van der Waals surface area contributed by atoms with Crippen molar-refractivity contribution >= 4 is 45.7 Å². The van der Waals surface area contributed by atoms with Crippen molar-refractivity contribution in [2.45, 2.75) is 17.3 Å². The molecule has 0 aliphatic heterocycles. The predicted molar refractivity (Wildman–Crippen MR) is 97.3 cm³/mol. The third-order valence-corrected chi connectivity index (χ3v) is 5.14. The third kappa shape index (κ3) is 5.85. The SMILES string of the molecule is C=CCNc1nnc(SCC(=O)N[C@@H](C)c2ccc(Cl)cc2)s1. The first kappa shape index (κ1) is 17.8. The van der Waals surface area contributed by atoms with Crippen LogP contribution in [0.4, 0.5) is 5.13 Å². The van der Waals surface area contributed by atoms with Crippen molar-refractivity contribution in [2.24, 2.45) is 0 Å². The highest BCUT2D eigenvalue weighted by Gasteiger charge is 2.11. The second kappa shape index (κ2) is 8.90. The molecule has 1 heterocycles. The molecule has 0 spiro atoms. The Labute approximate surface area is 148 Å². The Morgan fingerprint density at radius 2 is 2.17 bits per heavy atom. The Morgan fingerprint density at radius 3 is 2.87 bits per heavy atom. The summed E-state index contributed by atoms with van der Waals surface area (Å²) in [6.45, 7) is 6.20. The average molecular weight is 369 g/mol. The lowest BCUT2D eigenvalue weighted by molar-refractivity contribution is -0.119. The Kier molecular flexibility index (Phi) is 6.88. The molecule has 0 saturated carbocycles. The molecular weight excluding hydrogens is 352 g/mol. The van der Waals surface area contributed by atoms with E-state index in [9.17, 15) is 4.79 Å². The van der Waals surface area contributed by atoms with Crippen LogP contribution in [-0.4, -0.2) is 28.4 Å². The number of benzene rings is 1. The lowest BCUT2D eigenvalue weighted by Crippen LogP contribution is -2.28. The van der Waals surface area contributed by atoms with Gasteiger partial charge in [-0.05, 0) is 24.6 Å². The van der Waals surface area contributed by atoms with E-state index >= 15 is 0 Å². The van der Waals surface area contributed by atoms with Gasteiger partial charge < -0.3 is 10.6 Å². The van der Waals surface area contributed by atoms with Gasteiger partial charge in [-0.2, -0.15) is 0 Å². The zero-order valence-corrected chi connectivity index (χ0v) is 15.0. The first-order valence-electron chi connectivity index (χ1n) is 6.94. The van der Waals surface area contributed by atoms with Gasteiger partial charge in [-0.25, -0.2) is 0 Å². The fourth-order valence-corrected chi connectivity index (χ4v) is 3.44. The van der Waals surface area contributed by atoms with E-state index in [-0.39, 0.29) is 11.9 Å². The monoisotopic (exact) mass is 368 g/mol. The van der Waals surface area contributed by atoms with Crippen LogP contribution < -0.4 is 10.6 Å². The molecule has 5 nitrogen and oxygen atoms in total. The molecule has 0 radical (unpaired) electrons. The Hall–Kier alpha value is -1.57. The molecule has 0 aliphatic carbocycles. The zero-order chi connectivity index (χ0) is 16.7. The minimum atomic E-state index is -0.0698. The maximum atomic E-state index is 12.0. The van der Waals surface area contributed by atoms with E-state index in [1.165, 1.54) is 23.1 Å². The summed E-state index contributed by atoms with van der Waals surface area (Å²) in [7, 11) is 0. The summed E-state index contributed by atoms with van der Waals surface area (Å²) >= 11 is 8.65. The summed E-state index contributed by atoms with van der Waals surface area (Å²) in [4.78, 5) is 12.0. The Bertz CT molecular complexity index is 660. The van der Waals surface area contributed by atoms with Gasteiger partial charge >= 0.3 is 0 Å². The Balaban J connectivity index is 1.79. The minimum absolute atomic E-state index is 0.0479. The van der Waals surface area contributed by atoms with Crippen LogP contribution in [0.1, 0.15) is 18.5 Å². The fourth-order valence-electron chi connectivity index (χ4n) is 1.74. The number of anilines is 1. The van der Waals surface area contributed by atoms with Crippen LogP contribution >= 0.6 is 34.7 Å². The maximum Gasteiger partial charge on any atom is 0.230 e. The number of amides is 1. The summed E-state index contributed by atoms with van der Waals surface area (Å²) in [5.74, 6) is 0.252. The van der Waals surface area contributed by atoms with Crippen molar-refractivity contribution in [1.82, 2.24) is 15.5 Å². The van der Waals surface area contributed by atoms with Crippen molar-refractivity contribution in [2.75, 3.05) is 17.6 Å². The summed E-state index contributed by atoms with van der Waals surface area (Å²) in [5, 5.41) is 15.4. The smallest absolute Gasteiger partial charge is 0.230 e. The molecule has 0 fully saturated rings. The van der Waals surface area contributed by atoms with Gasteiger partial charge in [0.05, 0.1) is 11.8 Å². The first-order valence-corrected chi connectivity index (χ1v) is 9.12. The van der Waals surface area contributed by atoms with Crippen LogP contribution in [0.2, 0.25) is 5.02 Å². The van der Waals surface area contributed by atoms with Gasteiger partial charge in [-0.1, -0.05) is 52.9 Å². The van der Waals surface area contributed by atoms with Crippen LogP contribution in [0.5, 0.6) is 0 Å². The number of hydrogen-bond donors (Lipinski definition) is 2. The highest BCUT2D eigenvalue weighted by molar-refractivity contribution is 8.01. The standard InChI is InChI=1S/C15H17ClN4OS2/c1-3-8-17-14-19-20-15(23-14)22-9-13(21)18-10(2)11-4-6-12(16)7-5-11/h3-7,10H,1,8-9H2,2H3,(H,17,19)(H,18,21)/t10-/m0/s1. The first-order chi connectivity index (χ1) is 11.1. The molecule has 1 amide bonds. The summed E-state index contributed by atoms with van der Waals surface area (Å²) < 4.78 is 0.755. The van der Waals surface area contributed by atoms with E-state index in [4.69, 9.17) is 11.6 Å². The maximum absolute atomic E-state index is 12.0. The quantitative estimate of drug-likeness (QED) is 0.548. The molecule has 8 heteroatoms. The van der Waals surface area contributed by atoms with Crippen LogP contribution in [-0.2, 0) is 4.79 Å². The number of halogens is 1. The fraction of sp³-hybridized carbons (Fsp3) is 0.267. The molecular formula is C15H17ClN4OS2. The lowest BCUT2D eigenvalue weighted by atomic mass is 10.1. The van der Waals surface area contributed by atoms with E-state index in [0.717, 1.165) is 15.0 Å². The normalized spacial score (nSPS) is 11.7. The number of carbonyl (C=O) groups is 1. The van der Waals surface area contributed by atoms with Crippen molar-refractivity contribution < 1.29 is 4.79 Å². The van der Waals surface area contributed by atoms with E-state index in [1.54, 1.807) is 6.08 Å². The molecule has 1 aromatic carbocycles. The average Bonchev–Trinajstić information content (AvgIpc) is 2.99. The van der Waals surface area contributed by atoms with Gasteiger partial charge in [0.2, 0.25) is 11.0 Å². The van der Waals surface area contributed by atoms with Gasteiger partial charge in [-0.15, -0.1) is 16.8 Å². The summed E-state index contributed by atoms with van der Waals surface area (Å²) in [6.07, 6.45) is 1.75. The molecule has 1 atom stereocenters. The second-order valence-corrected chi connectivity index (χ2v) is 7.31. The topological polar surface area (TPSA) is 66.9 Å². The predicted octanol–water partition coefficient (Wildman–Crippen LogP) is 3.76. The highest BCUT2D eigenvalue weighted by Crippen LogP contribution is 2.25. The molecule has 0 aliphatic rings. The molecule has 23 heavy (non-hydrogen) atoms. The van der Waals surface area contributed by atoms with E-state index in [0.29, 0.717) is 17.3 Å². The number of aromatic nitrogens is 2. The molecule has 2 N–H and O–H groups in total. The number of carbonyl (C=O) groups excluding carboxylic acids is 1. The molecule has 0 unspecified atom stereocenters. The lowest BCUT2D eigenvalue weighted by Gasteiger charge is -2.13. The van der Waals surface area contributed by atoms with Crippen LogP contribution in [0, 0.1) is 0 Å². The highest BCUT2D eigenvalue weighted by atomic mass is 35.5. The number of rotatable bonds is 8. The molecule has 2 aromatic rings. The van der Waals surface area contributed by atoms with Gasteiger partial charge in [0.15, 0.2) is 4.34 Å². The zero-order valence-electron chi connectivity index (χ0n) is 12.6. The third-order valence-electron chi connectivity index (χ3n) is 2.88. The van der Waals surface area contributed by atoms with Crippen molar-refractivity contribution in [3.8, 4) is 0 Å². The van der Waals surface area contributed by atoms with Crippen LogP contribution in [0.3, 0.4) is 0 Å². The van der Waals surface area contributed by atoms with Gasteiger partial charge in [0, 0.05) is 11.6 Å². The molecule has 1 aromatic heterocycles. The summed E-state index contributed by atoms with van der Waals surface area (Å²) in [6, 6.07) is 7.37. The summed E-state index contributed by atoms with van der Waals surface area (Å²) in [5.41, 5.74) is 1.01. The number of nitrogens with zero attached hydrogens (tertiary/aromatic N) is 2. The van der Waals surface area contributed by atoms with Crippen molar-refractivity contribution in [3.05, 3.63) is 47.5 Å².